The monoisotopic (exact) mass is 190 g/mol. The lowest BCUT2D eigenvalue weighted by molar-refractivity contribution is -0.120. The topological polar surface area (TPSA) is 81.6 Å². The molecule has 1 atom stereocenters. The molecule has 78 valence electrons. The van der Waals surface area contributed by atoms with Gasteiger partial charge in [0.15, 0.2) is 0 Å². The zero-order chi connectivity index (χ0) is 10.1. The van der Waals surface area contributed by atoms with E-state index in [-0.39, 0.29) is 25.6 Å². The first-order valence-electron chi connectivity index (χ1n) is 4.47. The molecule has 4 N–H and O–H groups in total. The van der Waals surface area contributed by atoms with Gasteiger partial charge in [-0.2, -0.15) is 0 Å². The molecule has 5 nitrogen and oxygen atoms in total. The van der Waals surface area contributed by atoms with Crippen molar-refractivity contribution in [3.05, 3.63) is 0 Å². The van der Waals surface area contributed by atoms with Gasteiger partial charge in [-0.25, -0.2) is 0 Å². The van der Waals surface area contributed by atoms with Gasteiger partial charge in [-0.15, -0.1) is 0 Å². The lowest BCUT2D eigenvalue weighted by Crippen LogP contribution is -2.39. The second-order valence-corrected chi connectivity index (χ2v) is 2.82. The summed E-state index contributed by atoms with van der Waals surface area (Å²) in [5.74, 6) is -0.166. The van der Waals surface area contributed by atoms with Crippen LogP contribution >= 0.6 is 0 Å². The lowest BCUT2D eigenvalue weighted by atomic mass is 10.4. The fourth-order valence-corrected chi connectivity index (χ4v) is 0.737. The Morgan fingerprint density at radius 3 is 2.77 bits per heavy atom. The SMILES string of the molecule is CCCNCC(=O)NCC(O)CO. The molecule has 0 saturated carbocycles. The molecule has 0 aliphatic rings. The molecule has 1 amide bonds. The van der Waals surface area contributed by atoms with E-state index in [0.29, 0.717) is 0 Å². The molecule has 0 fully saturated rings. The zero-order valence-corrected chi connectivity index (χ0v) is 7.92. The van der Waals surface area contributed by atoms with Crippen molar-refractivity contribution in [2.45, 2.75) is 19.4 Å². The van der Waals surface area contributed by atoms with Crippen molar-refractivity contribution in [3.63, 3.8) is 0 Å². The Morgan fingerprint density at radius 1 is 1.54 bits per heavy atom. The average molecular weight is 190 g/mol. The van der Waals surface area contributed by atoms with Crippen LogP contribution in [0, 0.1) is 0 Å². The Balaban J connectivity index is 3.30. The molecule has 13 heavy (non-hydrogen) atoms. The number of amides is 1. The van der Waals surface area contributed by atoms with Gasteiger partial charge in [0.25, 0.3) is 0 Å². The number of carbonyl (C=O) groups excluding carboxylic acids is 1. The van der Waals surface area contributed by atoms with Crippen LogP contribution in [0.4, 0.5) is 0 Å². The van der Waals surface area contributed by atoms with E-state index in [1.807, 2.05) is 6.92 Å². The van der Waals surface area contributed by atoms with Crippen LogP contribution in [-0.2, 0) is 4.79 Å². The fraction of sp³-hybridized carbons (Fsp3) is 0.875. The number of rotatable bonds is 7. The van der Waals surface area contributed by atoms with Gasteiger partial charge in [0.2, 0.25) is 5.91 Å². The van der Waals surface area contributed by atoms with Crippen LogP contribution in [0.5, 0.6) is 0 Å². The Hall–Kier alpha value is -0.650. The molecule has 0 aromatic heterocycles. The molecule has 0 rings (SSSR count). The smallest absolute Gasteiger partial charge is 0.234 e. The first-order valence-corrected chi connectivity index (χ1v) is 4.47. The van der Waals surface area contributed by atoms with E-state index in [1.54, 1.807) is 0 Å². The van der Waals surface area contributed by atoms with Crippen LogP contribution in [0.25, 0.3) is 0 Å². The second kappa shape index (κ2) is 7.97. The number of aliphatic hydroxyl groups is 2. The third-order valence-corrected chi connectivity index (χ3v) is 1.46. The summed E-state index contributed by atoms with van der Waals surface area (Å²) in [4.78, 5) is 11.0. The molecule has 5 heteroatoms. The molecule has 0 aromatic rings. The summed E-state index contributed by atoms with van der Waals surface area (Å²) in [5.41, 5.74) is 0. The highest BCUT2D eigenvalue weighted by molar-refractivity contribution is 5.77. The minimum Gasteiger partial charge on any atom is -0.394 e. The van der Waals surface area contributed by atoms with Gasteiger partial charge in [-0.05, 0) is 13.0 Å². The molecule has 0 bridgehead atoms. The van der Waals surface area contributed by atoms with Gasteiger partial charge in [0.05, 0.1) is 19.3 Å². The van der Waals surface area contributed by atoms with Crippen molar-refractivity contribution in [1.29, 1.82) is 0 Å². The van der Waals surface area contributed by atoms with E-state index in [1.165, 1.54) is 0 Å². The Kier molecular flexibility index (Phi) is 7.57. The van der Waals surface area contributed by atoms with E-state index in [2.05, 4.69) is 10.6 Å². The van der Waals surface area contributed by atoms with Gasteiger partial charge in [-0.3, -0.25) is 4.79 Å². The Morgan fingerprint density at radius 2 is 2.23 bits per heavy atom. The summed E-state index contributed by atoms with van der Waals surface area (Å²) in [6.07, 6.45) is 0.113. The largest absolute Gasteiger partial charge is 0.394 e. The maximum absolute atomic E-state index is 11.0. The number of hydrogen-bond donors (Lipinski definition) is 4. The number of aliphatic hydroxyl groups excluding tert-OH is 2. The van der Waals surface area contributed by atoms with E-state index in [4.69, 9.17) is 10.2 Å². The first kappa shape index (κ1) is 12.3. The molecule has 0 aliphatic heterocycles. The summed E-state index contributed by atoms with van der Waals surface area (Å²) < 4.78 is 0. The van der Waals surface area contributed by atoms with E-state index in [9.17, 15) is 4.79 Å². The summed E-state index contributed by atoms with van der Waals surface area (Å²) in [6, 6.07) is 0. The number of hydrogen-bond acceptors (Lipinski definition) is 4. The van der Waals surface area contributed by atoms with Crippen LogP contribution in [0.1, 0.15) is 13.3 Å². The molecule has 0 aliphatic carbocycles. The van der Waals surface area contributed by atoms with Crippen molar-refractivity contribution in [2.75, 3.05) is 26.2 Å². The maximum atomic E-state index is 11.0. The van der Waals surface area contributed by atoms with E-state index < -0.39 is 6.10 Å². The Labute approximate surface area is 78.1 Å². The van der Waals surface area contributed by atoms with Crippen LogP contribution < -0.4 is 10.6 Å². The van der Waals surface area contributed by atoms with Crippen molar-refractivity contribution in [3.8, 4) is 0 Å². The summed E-state index contributed by atoms with van der Waals surface area (Å²) in [6.45, 7) is 2.84. The normalized spacial score (nSPS) is 12.5. The lowest BCUT2D eigenvalue weighted by Gasteiger charge is -2.09. The Bertz CT molecular complexity index is 141. The number of carbonyl (C=O) groups is 1. The van der Waals surface area contributed by atoms with Crippen LogP contribution in [0.3, 0.4) is 0 Å². The molecular formula is C8H18N2O3. The standard InChI is InChI=1S/C8H18N2O3/c1-2-3-9-5-8(13)10-4-7(12)6-11/h7,9,11-12H,2-6H2,1H3,(H,10,13). The third-order valence-electron chi connectivity index (χ3n) is 1.46. The van der Waals surface area contributed by atoms with Crippen LogP contribution in [0.15, 0.2) is 0 Å². The predicted octanol–water partition coefficient (Wildman–Crippen LogP) is -1.54. The number of nitrogens with one attached hydrogen (secondary N) is 2. The highest BCUT2D eigenvalue weighted by atomic mass is 16.3. The minimum absolute atomic E-state index is 0.100. The van der Waals surface area contributed by atoms with Gasteiger partial charge in [0.1, 0.15) is 0 Å². The fourth-order valence-electron chi connectivity index (χ4n) is 0.737. The summed E-state index contributed by atoms with van der Waals surface area (Å²) in [7, 11) is 0. The second-order valence-electron chi connectivity index (χ2n) is 2.82. The maximum Gasteiger partial charge on any atom is 0.234 e. The molecular weight excluding hydrogens is 172 g/mol. The van der Waals surface area contributed by atoms with E-state index in [0.717, 1.165) is 13.0 Å². The van der Waals surface area contributed by atoms with E-state index >= 15 is 0 Å². The molecule has 0 saturated heterocycles. The first-order chi connectivity index (χ1) is 6.20. The van der Waals surface area contributed by atoms with Gasteiger partial charge in [-0.1, -0.05) is 6.92 Å². The van der Waals surface area contributed by atoms with Crippen molar-refractivity contribution in [2.24, 2.45) is 0 Å². The summed E-state index contributed by atoms with van der Waals surface area (Å²) in [5, 5.41) is 22.7. The van der Waals surface area contributed by atoms with Gasteiger partial charge in [0, 0.05) is 6.54 Å². The van der Waals surface area contributed by atoms with Gasteiger partial charge < -0.3 is 20.8 Å². The summed E-state index contributed by atoms with van der Waals surface area (Å²) >= 11 is 0. The minimum atomic E-state index is -0.866. The average Bonchev–Trinajstić information content (AvgIpc) is 2.14. The van der Waals surface area contributed by atoms with Crippen molar-refractivity contribution >= 4 is 5.91 Å². The zero-order valence-electron chi connectivity index (χ0n) is 7.92. The third kappa shape index (κ3) is 7.70. The van der Waals surface area contributed by atoms with Crippen molar-refractivity contribution in [1.82, 2.24) is 10.6 Å². The molecule has 0 aromatic carbocycles. The molecule has 1 unspecified atom stereocenters. The highest BCUT2D eigenvalue weighted by Crippen LogP contribution is 1.76. The predicted molar refractivity (Wildman–Crippen MR) is 49.3 cm³/mol. The van der Waals surface area contributed by atoms with Gasteiger partial charge >= 0.3 is 0 Å². The van der Waals surface area contributed by atoms with Crippen molar-refractivity contribution < 1.29 is 15.0 Å². The molecule has 0 radical (unpaired) electrons. The van der Waals surface area contributed by atoms with Crippen LogP contribution in [-0.4, -0.2) is 48.5 Å². The highest BCUT2D eigenvalue weighted by Gasteiger charge is 2.04. The molecule has 0 heterocycles. The quantitative estimate of drug-likeness (QED) is 0.367. The molecule has 0 spiro atoms. The van der Waals surface area contributed by atoms with Crippen LogP contribution in [0.2, 0.25) is 0 Å².